The first-order valence-electron chi connectivity index (χ1n) is 11.7. The lowest BCUT2D eigenvalue weighted by Gasteiger charge is -2.24. The van der Waals surface area contributed by atoms with Gasteiger partial charge in [-0.2, -0.15) is 17.6 Å². The normalized spacial score (nSPS) is 13.2. The van der Waals surface area contributed by atoms with Gasteiger partial charge in [0, 0.05) is 0 Å². The topological polar surface area (TPSA) is 18.5 Å². The summed E-state index contributed by atoms with van der Waals surface area (Å²) in [5.74, 6) is -3.37. The van der Waals surface area contributed by atoms with E-state index in [1.54, 1.807) is 6.92 Å². The van der Waals surface area contributed by atoms with E-state index in [0.717, 1.165) is 55.7 Å². The number of rotatable bonds is 14. The summed E-state index contributed by atoms with van der Waals surface area (Å²) in [6.45, 7) is 5.61. The first-order chi connectivity index (χ1) is 16.0. The Hall–Kier alpha value is -2.22. The predicted molar refractivity (Wildman–Crippen MR) is 119 cm³/mol. The van der Waals surface area contributed by atoms with Crippen molar-refractivity contribution in [3.63, 3.8) is 0 Å². The molecule has 1 atom stereocenters. The van der Waals surface area contributed by atoms with Crippen LogP contribution in [0.3, 0.4) is 0 Å². The third-order valence-electron chi connectivity index (χ3n) is 5.53. The summed E-state index contributed by atoms with van der Waals surface area (Å²) < 4.78 is 96.3. The fourth-order valence-corrected chi connectivity index (χ4v) is 3.67. The minimum Gasteiger partial charge on any atom is -0.429 e. The highest BCUT2D eigenvalue weighted by molar-refractivity contribution is 5.32. The van der Waals surface area contributed by atoms with E-state index >= 15 is 0 Å². The van der Waals surface area contributed by atoms with E-state index in [-0.39, 0.29) is 5.56 Å². The molecule has 34 heavy (non-hydrogen) atoms. The number of alkyl halides is 4. The highest BCUT2D eigenvalue weighted by Crippen LogP contribution is 2.37. The predicted octanol–water partition coefficient (Wildman–Crippen LogP) is 8.86. The highest BCUT2D eigenvalue weighted by atomic mass is 19.3. The molecule has 0 saturated heterocycles. The lowest BCUT2D eigenvalue weighted by molar-refractivity contribution is -0.274. The van der Waals surface area contributed by atoms with Gasteiger partial charge >= 0.3 is 12.2 Å². The molecule has 2 aromatic carbocycles. The minimum atomic E-state index is -4.34. The summed E-state index contributed by atoms with van der Waals surface area (Å²) in [4.78, 5) is 0. The van der Waals surface area contributed by atoms with Crippen molar-refractivity contribution in [3.8, 4) is 5.75 Å². The molecule has 0 saturated carbocycles. The van der Waals surface area contributed by atoms with Gasteiger partial charge in [0.1, 0.15) is 22.9 Å². The van der Waals surface area contributed by atoms with Gasteiger partial charge in [0.15, 0.2) is 0 Å². The number of unbranched alkanes of at least 4 members (excludes halogenated alkanes) is 3. The molecule has 0 aromatic heterocycles. The SMILES string of the molecule is CCCCCCc1cc(F)c(C(F)(F)Oc2ccc(C(F)(F)OC(CC)CCC)cc2)c(F)c1. The molecule has 0 fully saturated rings. The molecule has 2 rings (SSSR count). The number of aryl methyl sites for hydroxylation is 1. The summed E-state index contributed by atoms with van der Waals surface area (Å²) in [6.07, 6.45) is -3.19. The summed E-state index contributed by atoms with van der Waals surface area (Å²) in [5.41, 5.74) is -1.78. The van der Waals surface area contributed by atoms with Crippen molar-refractivity contribution in [2.24, 2.45) is 0 Å². The van der Waals surface area contributed by atoms with Gasteiger partial charge in [-0.1, -0.05) is 46.5 Å². The molecule has 2 nitrogen and oxygen atoms in total. The molecular weight excluding hydrogens is 458 g/mol. The van der Waals surface area contributed by atoms with Gasteiger partial charge in [-0.05, 0) is 67.6 Å². The van der Waals surface area contributed by atoms with Crippen molar-refractivity contribution in [1.82, 2.24) is 0 Å². The number of benzene rings is 2. The molecule has 2 aromatic rings. The Morgan fingerprint density at radius 1 is 0.794 bits per heavy atom. The third-order valence-corrected chi connectivity index (χ3v) is 5.53. The maximum absolute atomic E-state index is 14.6. The molecule has 8 heteroatoms. The Morgan fingerprint density at radius 2 is 1.41 bits per heavy atom. The maximum atomic E-state index is 14.6. The van der Waals surface area contributed by atoms with Gasteiger partial charge in [0.2, 0.25) is 0 Å². The van der Waals surface area contributed by atoms with Crippen LogP contribution in [-0.2, 0) is 23.4 Å². The van der Waals surface area contributed by atoms with Crippen LogP contribution < -0.4 is 4.74 Å². The minimum absolute atomic E-state index is 0.283. The Bertz CT molecular complexity index is 876. The van der Waals surface area contributed by atoms with Crippen LogP contribution in [-0.4, -0.2) is 6.10 Å². The zero-order chi connectivity index (χ0) is 25.4. The highest BCUT2D eigenvalue weighted by Gasteiger charge is 2.41. The van der Waals surface area contributed by atoms with Crippen molar-refractivity contribution >= 4 is 0 Å². The first-order valence-corrected chi connectivity index (χ1v) is 11.7. The van der Waals surface area contributed by atoms with Crippen molar-refractivity contribution < 1.29 is 35.8 Å². The summed E-state index contributed by atoms with van der Waals surface area (Å²) >= 11 is 0. The molecule has 0 amide bonds. The molecule has 0 bridgehead atoms. The molecule has 0 spiro atoms. The Kier molecular flexibility index (Phi) is 10.3. The third kappa shape index (κ3) is 7.65. The number of hydrogen-bond donors (Lipinski definition) is 0. The summed E-state index contributed by atoms with van der Waals surface area (Å²) in [6, 6.07) is 5.30. The molecule has 0 aliphatic heterocycles. The lowest BCUT2D eigenvalue weighted by atomic mass is 10.0. The van der Waals surface area contributed by atoms with Gasteiger partial charge in [0.25, 0.3) is 0 Å². The van der Waals surface area contributed by atoms with Crippen LogP contribution >= 0.6 is 0 Å². The van der Waals surface area contributed by atoms with Crippen molar-refractivity contribution in [2.45, 2.75) is 90.5 Å². The standard InChI is InChI=1S/C26H32F6O2/c1-4-7-8-9-11-18-16-22(27)24(23(28)17-18)26(31,32)34-21-14-12-19(13-15-21)25(29,30)33-20(6-3)10-5-2/h12-17,20H,4-11H2,1-3H3. The second kappa shape index (κ2) is 12.5. The zero-order valence-electron chi connectivity index (χ0n) is 19.8. The monoisotopic (exact) mass is 490 g/mol. The Labute approximate surface area is 197 Å². The van der Waals surface area contributed by atoms with Crippen LogP contribution in [0.25, 0.3) is 0 Å². The van der Waals surface area contributed by atoms with Crippen LogP contribution in [0.15, 0.2) is 36.4 Å². The molecule has 0 aliphatic carbocycles. The Balaban J connectivity index is 2.14. The van der Waals surface area contributed by atoms with E-state index in [1.807, 2.05) is 13.8 Å². The van der Waals surface area contributed by atoms with Gasteiger partial charge in [0.05, 0.1) is 11.7 Å². The van der Waals surface area contributed by atoms with Crippen LogP contribution in [0, 0.1) is 11.6 Å². The largest absolute Gasteiger partial charge is 0.432 e. The fourth-order valence-electron chi connectivity index (χ4n) is 3.67. The van der Waals surface area contributed by atoms with Crippen molar-refractivity contribution in [3.05, 3.63) is 64.7 Å². The van der Waals surface area contributed by atoms with Gasteiger partial charge in [-0.25, -0.2) is 8.78 Å². The van der Waals surface area contributed by atoms with Gasteiger partial charge < -0.3 is 9.47 Å². The molecule has 0 N–H and O–H groups in total. The average molecular weight is 491 g/mol. The molecule has 0 heterocycles. The molecule has 0 radical (unpaired) electrons. The second-order valence-electron chi connectivity index (χ2n) is 8.34. The summed E-state index contributed by atoms with van der Waals surface area (Å²) in [7, 11) is 0. The van der Waals surface area contributed by atoms with Crippen molar-refractivity contribution in [1.29, 1.82) is 0 Å². The van der Waals surface area contributed by atoms with Gasteiger partial charge in [-0.3, -0.25) is 0 Å². The Morgan fingerprint density at radius 3 is 1.94 bits per heavy atom. The average Bonchev–Trinajstić information content (AvgIpc) is 2.75. The number of halogens is 6. The van der Waals surface area contributed by atoms with E-state index in [9.17, 15) is 26.3 Å². The maximum Gasteiger partial charge on any atom is 0.432 e. The zero-order valence-corrected chi connectivity index (χ0v) is 19.8. The van der Waals surface area contributed by atoms with E-state index in [1.165, 1.54) is 0 Å². The van der Waals surface area contributed by atoms with E-state index < -0.39 is 46.8 Å². The van der Waals surface area contributed by atoms with Crippen molar-refractivity contribution in [2.75, 3.05) is 0 Å². The van der Waals surface area contributed by atoms with Gasteiger partial charge in [-0.15, -0.1) is 0 Å². The molecule has 0 aliphatic rings. The van der Waals surface area contributed by atoms with Crippen LogP contribution in [0.4, 0.5) is 26.3 Å². The number of ether oxygens (including phenoxy) is 2. The first kappa shape index (κ1) is 28.0. The smallest absolute Gasteiger partial charge is 0.429 e. The van der Waals surface area contributed by atoms with Crippen LogP contribution in [0.2, 0.25) is 0 Å². The molecule has 190 valence electrons. The van der Waals surface area contributed by atoms with Crippen LogP contribution in [0.5, 0.6) is 5.75 Å². The fraction of sp³-hybridized carbons (Fsp3) is 0.538. The lowest BCUT2D eigenvalue weighted by Crippen LogP contribution is -2.26. The van der Waals surface area contributed by atoms with Crippen LogP contribution in [0.1, 0.15) is 82.4 Å². The van der Waals surface area contributed by atoms with E-state index in [0.29, 0.717) is 32.1 Å². The van der Waals surface area contributed by atoms with E-state index in [4.69, 9.17) is 4.74 Å². The summed E-state index contributed by atoms with van der Waals surface area (Å²) in [5, 5.41) is 0. The van der Waals surface area contributed by atoms with E-state index in [2.05, 4.69) is 4.74 Å². The molecule has 1 unspecified atom stereocenters. The molecular formula is C26H32F6O2. The number of hydrogen-bond acceptors (Lipinski definition) is 2. The second-order valence-corrected chi connectivity index (χ2v) is 8.34. The quantitative estimate of drug-likeness (QED) is 0.194.